The minimum atomic E-state index is -4.73. The van der Waals surface area contributed by atoms with Gasteiger partial charge in [-0.3, -0.25) is 0 Å². The Hall–Kier alpha value is -2.67. The SMILES string of the molecule is COc1cccc2cc(C(C)NCc3ccccc3OC(F)(F)F)oc12. The number of halogens is 3. The monoisotopic (exact) mass is 365 g/mol. The van der Waals surface area contributed by atoms with Crippen molar-refractivity contribution in [2.45, 2.75) is 25.9 Å². The lowest BCUT2D eigenvalue weighted by atomic mass is 10.1. The van der Waals surface area contributed by atoms with Crippen LogP contribution >= 0.6 is 0 Å². The standard InChI is InChI=1S/C19H18F3NO3/c1-12(17-10-13-7-5-9-16(24-2)18(13)25-17)23-11-14-6-3-4-8-15(14)26-19(20,21)22/h3-10,12,23H,11H2,1-2H3. The highest BCUT2D eigenvalue weighted by Gasteiger charge is 2.32. The number of ether oxygens (including phenoxy) is 2. The number of fused-ring (bicyclic) bond motifs is 1. The average molecular weight is 365 g/mol. The van der Waals surface area contributed by atoms with E-state index in [2.05, 4.69) is 10.1 Å². The summed E-state index contributed by atoms with van der Waals surface area (Å²) in [5.74, 6) is 1.08. The highest BCUT2D eigenvalue weighted by Crippen LogP contribution is 2.31. The van der Waals surface area contributed by atoms with Crippen molar-refractivity contribution in [3.63, 3.8) is 0 Å². The molecule has 3 aromatic rings. The molecule has 2 aromatic carbocycles. The summed E-state index contributed by atoms with van der Waals surface area (Å²) in [6.07, 6.45) is -4.73. The number of benzene rings is 2. The maximum atomic E-state index is 12.5. The normalized spacial score (nSPS) is 13.0. The Morgan fingerprint density at radius 2 is 1.81 bits per heavy atom. The Morgan fingerprint density at radius 3 is 2.54 bits per heavy atom. The van der Waals surface area contributed by atoms with Gasteiger partial charge in [-0.1, -0.05) is 30.3 Å². The van der Waals surface area contributed by atoms with Crippen LogP contribution in [0.25, 0.3) is 11.0 Å². The van der Waals surface area contributed by atoms with Crippen LogP contribution in [0.15, 0.2) is 52.9 Å². The molecule has 7 heteroatoms. The number of para-hydroxylation sites is 2. The fraction of sp³-hybridized carbons (Fsp3) is 0.263. The van der Waals surface area contributed by atoms with Crippen LogP contribution in [0, 0.1) is 0 Å². The fourth-order valence-electron chi connectivity index (χ4n) is 2.67. The molecule has 0 aliphatic heterocycles. The van der Waals surface area contributed by atoms with E-state index in [1.165, 1.54) is 12.1 Å². The second-order valence-electron chi connectivity index (χ2n) is 5.79. The quantitative estimate of drug-likeness (QED) is 0.653. The zero-order chi connectivity index (χ0) is 18.7. The predicted octanol–water partition coefficient (Wildman–Crippen LogP) is 5.19. The van der Waals surface area contributed by atoms with Gasteiger partial charge in [0.15, 0.2) is 11.3 Å². The molecule has 0 aliphatic rings. The first-order valence-electron chi connectivity index (χ1n) is 8.01. The van der Waals surface area contributed by atoms with E-state index in [4.69, 9.17) is 9.15 Å². The molecular weight excluding hydrogens is 347 g/mol. The molecule has 3 rings (SSSR count). The Labute approximate surface area is 148 Å². The fourth-order valence-corrected chi connectivity index (χ4v) is 2.67. The molecule has 0 amide bonds. The Kier molecular flexibility index (Phi) is 5.08. The van der Waals surface area contributed by atoms with Crippen molar-refractivity contribution >= 4 is 11.0 Å². The van der Waals surface area contributed by atoms with E-state index in [9.17, 15) is 13.2 Å². The molecule has 0 bridgehead atoms. The van der Waals surface area contributed by atoms with Crippen molar-refractivity contribution in [3.8, 4) is 11.5 Å². The summed E-state index contributed by atoms with van der Waals surface area (Å²) in [6, 6.07) is 13.3. The first-order chi connectivity index (χ1) is 12.4. The molecule has 4 nitrogen and oxygen atoms in total. The number of nitrogens with one attached hydrogen (secondary N) is 1. The van der Waals surface area contributed by atoms with Crippen LogP contribution in [0.4, 0.5) is 13.2 Å². The molecule has 1 aromatic heterocycles. The predicted molar refractivity (Wildman–Crippen MR) is 91.1 cm³/mol. The van der Waals surface area contributed by atoms with Gasteiger partial charge in [0.1, 0.15) is 11.5 Å². The van der Waals surface area contributed by atoms with E-state index in [0.29, 0.717) is 22.7 Å². The second kappa shape index (κ2) is 7.29. The van der Waals surface area contributed by atoms with Crippen LogP contribution in [-0.2, 0) is 6.54 Å². The van der Waals surface area contributed by atoms with Gasteiger partial charge >= 0.3 is 6.36 Å². The number of rotatable bonds is 6. The maximum absolute atomic E-state index is 12.5. The van der Waals surface area contributed by atoms with E-state index in [1.54, 1.807) is 25.3 Å². The third-order valence-electron chi connectivity index (χ3n) is 3.97. The number of hydrogen-bond donors (Lipinski definition) is 1. The lowest BCUT2D eigenvalue weighted by molar-refractivity contribution is -0.274. The summed E-state index contributed by atoms with van der Waals surface area (Å²) in [5, 5.41) is 4.05. The molecule has 0 radical (unpaired) electrons. The van der Waals surface area contributed by atoms with E-state index in [-0.39, 0.29) is 18.3 Å². The van der Waals surface area contributed by atoms with E-state index >= 15 is 0 Å². The number of furan rings is 1. The van der Waals surface area contributed by atoms with Crippen molar-refractivity contribution in [3.05, 3.63) is 59.9 Å². The Bertz CT molecular complexity index is 889. The molecule has 0 fully saturated rings. The van der Waals surface area contributed by atoms with Crippen molar-refractivity contribution in [2.24, 2.45) is 0 Å². The number of methoxy groups -OCH3 is 1. The summed E-state index contributed by atoms with van der Waals surface area (Å²) in [4.78, 5) is 0. The molecule has 0 saturated heterocycles. The molecule has 26 heavy (non-hydrogen) atoms. The average Bonchev–Trinajstić information content (AvgIpc) is 3.03. The molecule has 1 N–H and O–H groups in total. The van der Waals surface area contributed by atoms with Gasteiger partial charge < -0.3 is 19.2 Å². The largest absolute Gasteiger partial charge is 0.573 e. The van der Waals surface area contributed by atoms with Gasteiger partial charge in [0.2, 0.25) is 0 Å². The minimum Gasteiger partial charge on any atom is -0.493 e. The molecule has 0 aliphatic carbocycles. The van der Waals surface area contributed by atoms with Gasteiger partial charge in [-0.15, -0.1) is 13.2 Å². The molecule has 1 unspecified atom stereocenters. The van der Waals surface area contributed by atoms with Crippen molar-refractivity contribution in [1.82, 2.24) is 5.32 Å². The van der Waals surface area contributed by atoms with E-state index in [1.807, 2.05) is 25.1 Å². The minimum absolute atomic E-state index is 0.196. The zero-order valence-electron chi connectivity index (χ0n) is 14.3. The topological polar surface area (TPSA) is 43.6 Å². The van der Waals surface area contributed by atoms with Crippen LogP contribution in [0.3, 0.4) is 0 Å². The van der Waals surface area contributed by atoms with Crippen molar-refractivity contribution in [2.75, 3.05) is 7.11 Å². The van der Waals surface area contributed by atoms with E-state index < -0.39 is 6.36 Å². The summed E-state index contributed by atoms with van der Waals surface area (Å²) in [5.41, 5.74) is 1.05. The highest BCUT2D eigenvalue weighted by molar-refractivity contribution is 5.83. The molecule has 0 spiro atoms. The molecule has 1 atom stereocenters. The molecule has 0 saturated carbocycles. The third kappa shape index (κ3) is 4.11. The van der Waals surface area contributed by atoms with Crippen LogP contribution in [0.1, 0.15) is 24.3 Å². The van der Waals surface area contributed by atoms with Gasteiger partial charge in [-0.05, 0) is 25.1 Å². The molecular formula is C19H18F3NO3. The van der Waals surface area contributed by atoms with Gasteiger partial charge in [-0.25, -0.2) is 0 Å². The van der Waals surface area contributed by atoms with Crippen molar-refractivity contribution < 1.29 is 27.1 Å². The lowest BCUT2D eigenvalue weighted by Gasteiger charge is -2.15. The summed E-state index contributed by atoms with van der Waals surface area (Å²) in [7, 11) is 1.57. The third-order valence-corrected chi connectivity index (χ3v) is 3.97. The summed E-state index contributed by atoms with van der Waals surface area (Å²) in [6.45, 7) is 2.07. The number of alkyl halides is 3. The van der Waals surface area contributed by atoms with Crippen LogP contribution in [-0.4, -0.2) is 13.5 Å². The Balaban J connectivity index is 1.75. The van der Waals surface area contributed by atoms with E-state index in [0.717, 1.165) is 5.39 Å². The summed E-state index contributed by atoms with van der Waals surface area (Å²) >= 11 is 0. The summed E-state index contributed by atoms with van der Waals surface area (Å²) < 4.78 is 52.7. The van der Waals surface area contributed by atoms with Gasteiger partial charge in [0.05, 0.1) is 13.2 Å². The zero-order valence-corrected chi connectivity index (χ0v) is 14.3. The number of hydrogen-bond acceptors (Lipinski definition) is 4. The van der Waals surface area contributed by atoms with Crippen molar-refractivity contribution in [1.29, 1.82) is 0 Å². The van der Waals surface area contributed by atoms with Gasteiger partial charge in [0.25, 0.3) is 0 Å². The first kappa shape index (κ1) is 18.1. The maximum Gasteiger partial charge on any atom is 0.573 e. The Morgan fingerprint density at radius 1 is 1.08 bits per heavy atom. The second-order valence-corrected chi connectivity index (χ2v) is 5.79. The van der Waals surface area contributed by atoms with Crippen LogP contribution < -0.4 is 14.8 Å². The smallest absolute Gasteiger partial charge is 0.493 e. The van der Waals surface area contributed by atoms with Gasteiger partial charge in [-0.2, -0.15) is 0 Å². The molecule has 138 valence electrons. The lowest BCUT2D eigenvalue weighted by Crippen LogP contribution is -2.21. The van der Waals surface area contributed by atoms with Gasteiger partial charge in [0, 0.05) is 17.5 Å². The van der Waals surface area contributed by atoms with Crippen LogP contribution in [0.5, 0.6) is 11.5 Å². The highest BCUT2D eigenvalue weighted by atomic mass is 19.4. The first-order valence-corrected chi connectivity index (χ1v) is 8.01. The molecule has 1 heterocycles. The van der Waals surface area contributed by atoms with Crippen LogP contribution in [0.2, 0.25) is 0 Å².